The third-order valence-corrected chi connectivity index (χ3v) is 5.91. The van der Waals surface area contributed by atoms with E-state index in [-0.39, 0.29) is 22.0 Å². The minimum atomic E-state index is -0.410. The van der Waals surface area contributed by atoms with Crippen molar-refractivity contribution in [3.05, 3.63) is 57.3 Å². The van der Waals surface area contributed by atoms with Gasteiger partial charge in [0.1, 0.15) is 0 Å². The van der Waals surface area contributed by atoms with Crippen LogP contribution in [0.3, 0.4) is 0 Å². The van der Waals surface area contributed by atoms with E-state index in [1.807, 2.05) is 0 Å². The van der Waals surface area contributed by atoms with E-state index in [1.54, 1.807) is 36.4 Å². The number of hydrogen-bond donors (Lipinski definition) is 4. The van der Waals surface area contributed by atoms with Crippen molar-refractivity contribution in [1.29, 1.82) is 0 Å². The van der Waals surface area contributed by atoms with Gasteiger partial charge in [0, 0.05) is 0 Å². The van der Waals surface area contributed by atoms with E-state index in [0.29, 0.717) is 32.4 Å². The summed E-state index contributed by atoms with van der Waals surface area (Å²) in [7, 11) is 2.87. The molecule has 0 aliphatic carbocycles. The zero-order valence-corrected chi connectivity index (χ0v) is 19.4. The predicted octanol–water partition coefficient (Wildman–Crippen LogP) is 3.45. The number of methoxy groups -OCH3 is 2. The normalized spacial score (nSPS) is 17.4. The predicted molar refractivity (Wildman–Crippen MR) is 128 cm³/mol. The van der Waals surface area contributed by atoms with Gasteiger partial charge in [-0.1, -0.05) is 12.1 Å². The van der Waals surface area contributed by atoms with Crippen LogP contribution in [-0.4, -0.2) is 46.7 Å². The fourth-order valence-corrected chi connectivity index (χ4v) is 4.08. The van der Waals surface area contributed by atoms with E-state index < -0.39 is 11.8 Å². The average molecular weight is 503 g/mol. The van der Waals surface area contributed by atoms with E-state index in [1.165, 1.54) is 26.4 Å². The first kappa shape index (κ1) is 24.7. The minimum Gasteiger partial charge on any atom is -0.504 e. The van der Waals surface area contributed by atoms with Crippen LogP contribution in [0.4, 0.5) is 9.59 Å². The first-order valence-corrected chi connectivity index (χ1v) is 11.1. The van der Waals surface area contributed by atoms with Gasteiger partial charge in [0.05, 0.1) is 24.0 Å². The second-order valence-corrected chi connectivity index (χ2v) is 8.60. The Hall–Kier alpha value is -3.90. The molecule has 4 amide bonds. The zero-order chi connectivity index (χ0) is 24.8. The molecule has 0 aromatic heterocycles. The number of aromatic hydroxyl groups is 2. The second-order valence-electron chi connectivity index (χ2n) is 6.57. The summed E-state index contributed by atoms with van der Waals surface area (Å²) in [5, 5.41) is 22.4. The molecule has 2 fully saturated rings. The van der Waals surface area contributed by atoms with E-state index in [0.717, 1.165) is 23.5 Å². The lowest BCUT2D eigenvalue weighted by Crippen LogP contribution is -2.17. The lowest BCUT2D eigenvalue weighted by atomic mass is 10.2. The Morgan fingerprint density at radius 2 is 1.09 bits per heavy atom. The second kappa shape index (κ2) is 10.8. The molecule has 2 aliphatic heterocycles. The topological polar surface area (TPSA) is 151 Å². The van der Waals surface area contributed by atoms with Crippen LogP contribution in [0.25, 0.3) is 12.2 Å². The Balaban J connectivity index is 0.000000191. The van der Waals surface area contributed by atoms with Gasteiger partial charge in [-0.25, -0.2) is 0 Å². The summed E-state index contributed by atoms with van der Waals surface area (Å²) in [6.45, 7) is 0. The molecule has 0 bridgehead atoms. The molecule has 2 aromatic rings. The highest BCUT2D eigenvalue weighted by molar-refractivity contribution is 8.18. The van der Waals surface area contributed by atoms with Gasteiger partial charge in [0.15, 0.2) is 23.0 Å². The van der Waals surface area contributed by atoms with Crippen molar-refractivity contribution in [3.63, 3.8) is 0 Å². The largest absolute Gasteiger partial charge is 0.504 e. The number of amides is 4. The lowest BCUT2D eigenvalue weighted by Gasteiger charge is -2.03. The smallest absolute Gasteiger partial charge is 0.290 e. The summed E-state index contributed by atoms with van der Waals surface area (Å²) in [5.41, 5.74) is 1.35. The number of phenolic OH excluding ortho intramolecular Hbond substituents is 2. The molecular weight excluding hydrogens is 484 g/mol. The summed E-state index contributed by atoms with van der Waals surface area (Å²) < 4.78 is 9.89. The third-order valence-electron chi connectivity index (χ3n) is 4.29. The average Bonchev–Trinajstić information content (AvgIpc) is 3.29. The summed E-state index contributed by atoms with van der Waals surface area (Å²) in [5.74, 6) is -0.147. The van der Waals surface area contributed by atoms with E-state index in [9.17, 15) is 29.4 Å². The molecule has 4 rings (SSSR count). The van der Waals surface area contributed by atoms with E-state index in [4.69, 9.17) is 9.47 Å². The summed E-state index contributed by atoms with van der Waals surface area (Å²) >= 11 is 1.69. The fourth-order valence-electron chi connectivity index (χ4n) is 2.71. The van der Waals surface area contributed by atoms with Gasteiger partial charge in [-0.3, -0.25) is 29.8 Å². The van der Waals surface area contributed by atoms with Crippen LogP contribution in [0.5, 0.6) is 23.0 Å². The molecule has 0 spiro atoms. The number of ether oxygens (including phenoxy) is 2. The van der Waals surface area contributed by atoms with Gasteiger partial charge < -0.3 is 19.7 Å². The molecule has 0 atom stereocenters. The van der Waals surface area contributed by atoms with Crippen LogP contribution < -0.4 is 20.1 Å². The van der Waals surface area contributed by atoms with Crippen molar-refractivity contribution >= 4 is 58.0 Å². The number of imide groups is 2. The Kier molecular flexibility index (Phi) is 7.87. The van der Waals surface area contributed by atoms with Crippen molar-refractivity contribution in [3.8, 4) is 23.0 Å². The van der Waals surface area contributed by atoms with Crippen molar-refractivity contribution in [1.82, 2.24) is 10.6 Å². The van der Waals surface area contributed by atoms with Crippen LogP contribution >= 0.6 is 23.5 Å². The molecule has 2 saturated heterocycles. The number of nitrogens with one attached hydrogen (secondary N) is 2. The number of carbonyl (C=O) groups is 4. The standard InChI is InChI=1S/2C11H9NO4S/c2*1-16-8-4-6(2-3-7(8)13)5-9-10(14)12-11(15)17-9/h2*2-5,13H,1H3,(H,12,14,15). The SMILES string of the molecule is COc1cc(C=C2SC(=O)NC2=O)ccc1O.COc1cc(C=C2SC(=O)NC2=O)ccc1O. The van der Waals surface area contributed by atoms with Crippen LogP contribution in [0.2, 0.25) is 0 Å². The molecule has 12 heteroatoms. The van der Waals surface area contributed by atoms with E-state index in [2.05, 4.69) is 10.6 Å². The minimum absolute atomic E-state index is 0.0225. The summed E-state index contributed by atoms with van der Waals surface area (Å²) in [4.78, 5) is 45.2. The number of thioether (sulfide) groups is 2. The highest BCUT2D eigenvalue weighted by atomic mass is 32.2. The first-order valence-electron chi connectivity index (χ1n) is 9.44. The van der Waals surface area contributed by atoms with Gasteiger partial charge in [-0.2, -0.15) is 0 Å². The van der Waals surface area contributed by atoms with Gasteiger partial charge in [0.25, 0.3) is 22.3 Å². The molecule has 176 valence electrons. The molecule has 0 saturated carbocycles. The zero-order valence-electron chi connectivity index (χ0n) is 17.8. The van der Waals surface area contributed by atoms with Gasteiger partial charge in [0.2, 0.25) is 0 Å². The highest BCUT2D eigenvalue weighted by Gasteiger charge is 2.25. The van der Waals surface area contributed by atoms with Crippen molar-refractivity contribution in [2.24, 2.45) is 0 Å². The van der Waals surface area contributed by atoms with Crippen molar-refractivity contribution in [2.45, 2.75) is 0 Å². The molecule has 2 heterocycles. The molecule has 0 unspecified atom stereocenters. The van der Waals surface area contributed by atoms with Crippen LogP contribution in [-0.2, 0) is 9.59 Å². The molecular formula is C22H18N2O8S2. The quantitative estimate of drug-likeness (QED) is 0.458. The summed E-state index contributed by atoms with van der Waals surface area (Å²) in [6.07, 6.45) is 3.12. The maximum Gasteiger partial charge on any atom is 0.290 e. The Morgan fingerprint density at radius 3 is 1.38 bits per heavy atom. The molecule has 2 aliphatic rings. The van der Waals surface area contributed by atoms with Crippen LogP contribution in [0.15, 0.2) is 46.2 Å². The Morgan fingerprint density at radius 1 is 0.706 bits per heavy atom. The van der Waals surface area contributed by atoms with Gasteiger partial charge in [-0.05, 0) is 71.1 Å². The lowest BCUT2D eigenvalue weighted by molar-refractivity contribution is -0.116. The first-order chi connectivity index (χ1) is 16.2. The monoisotopic (exact) mass is 502 g/mol. The highest BCUT2D eigenvalue weighted by Crippen LogP contribution is 2.31. The Labute approximate surface area is 202 Å². The number of carbonyl (C=O) groups excluding carboxylic acids is 4. The maximum absolute atomic E-state index is 11.3. The third kappa shape index (κ3) is 6.11. The molecule has 34 heavy (non-hydrogen) atoms. The van der Waals surface area contributed by atoms with Crippen molar-refractivity contribution in [2.75, 3.05) is 14.2 Å². The number of phenols is 2. The van der Waals surface area contributed by atoms with Gasteiger partial charge in [-0.15, -0.1) is 0 Å². The molecule has 0 radical (unpaired) electrons. The molecule has 4 N–H and O–H groups in total. The van der Waals surface area contributed by atoms with Crippen LogP contribution in [0.1, 0.15) is 11.1 Å². The number of hydrogen-bond acceptors (Lipinski definition) is 10. The maximum atomic E-state index is 11.3. The van der Waals surface area contributed by atoms with Gasteiger partial charge >= 0.3 is 0 Å². The number of rotatable bonds is 4. The van der Waals surface area contributed by atoms with E-state index >= 15 is 0 Å². The Bertz CT molecular complexity index is 1140. The van der Waals surface area contributed by atoms with Crippen LogP contribution in [0, 0.1) is 0 Å². The summed E-state index contributed by atoms with van der Waals surface area (Å²) in [6, 6.07) is 9.34. The number of benzene rings is 2. The molecule has 2 aromatic carbocycles. The van der Waals surface area contributed by atoms with Crippen molar-refractivity contribution < 1.29 is 38.9 Å². The fraction of sp³-hybridized carbons (Fsp3) is 0.0909. The molecule has 10 nitrogen and oxygen atoms in total.